The van der Waals surface area contributed by atoms with Crippen molar-refractivity contribution in [3.63, 3.8) is 0 Å². The van der Waals surface area contributed by atoms with Gasteiger partial charge in [-0.25, -0.2) is 0 Å². The van der Waals surface area contributed by atoms with Gasteiger partial charge in [0.2, 0.25) is 12.7 Å². The van der Waals surface area contributed by atoms with E-state index in [9.17, 15) is 9.59 Å². The third-order valence-corrected chi connectivity index (χ3v) is 5.01. The second-order valence-corrected chi connectivity index (χ2v) is 7.13. The fourth-order valence-electron chi connectivity index (χ4n) is 3.52. The van der Waals surface area contributed by atoms with Crippen LogP contribution in [0.2, 0.25) is 0 Å². The molecule has 0 bridgehead atoms. The molecule has 28 heavy (non-hydrogen) atoms. The summed E-state index contributed by atoms with van der Waals surface area (Å²) in [5.74, 6) is 2.25. The minimum absolute atomic E-state index is 0.000407. The molecule has 9 heteroatoms. The lowest BCUT2D eigenvalue weighted by molar-refractivity contribution is -0.897. The summed E-state index contributed by atoms with van der Waals surface area (Å²) in [6.07, 6.45) is 1.48. The Labute approximate surface area is 162 Å². The number of hydrogen-bond donors (Lipinski definition) is 3. The largest absolute Gasteiger partial charge is 0.454 e. The van der Waals surface area contributed by atoms with Crippen molar-refractivity contribution < 1.29 is 28.5 Å². The summed E-state index contributed by atoms with van der Waals surface area (Å²) in [5, 5.41) is 9.44. The molecule has 4 rings (SSSR count). The Morgan fingerprint density at radius 2 is 1.93 bits per heavy atom. The Bertz CT molecular complexity index is 873. The molecule has 0 unspecified atom stereocenters. The molecular weight excluding hydrogens is 364 g/mol. The number of nitrogens with zero attached hydrogens (tertiary/aromatic N) is 1. The molecule has 2 amide bonds. The Balaban J connectivity index is 1.23. The minimum atomic E-state index is -0.105. The van der Waals surface area contributed by atoms with Crippen molar-refractivity contribution in [2.75, 3.05) is 37.1 Å². The number of carbonyl (C=O) groups excluding carboxylic acids is 2. The highest BCUT2D eigenvalue weighted by atomic mass is 16.7. The van der Waals surface area contributed by atoms with E-state index in [0.29, 0.717) is 35.3 Å². The van der Waals surface area contributed by atoms with Crippen LogP contribution in [0.5, 0.6) is 11.5 Å². The fraction of sp³-hybridized carbons (Fsp3) is 0.421. The van der Waals surface area contributed by atoms with Gasteiger partial charge in [0.15, 0.2) is 23.9 Å². The molecule has 148 valence electrons. The molecular formula is C19H23N4O5+. The monoisotopic (exact) mass is 387 g/mol. The van der Waals surface area contributed by atoms with Crippen LogP contribution in [0.3, 0.4) is 0 Å². The maximum atomic E-state index is 12.5. The zero-order valence-corrected chi connectivity index (χ0v) is 15.6. The van der Waals surface area contributed by atoms with E-state index in [4.69, 9.17) is 14.0 Å². The quantitative estimate of drug-likeness (QED) is 0.693. The van der Waals surface area contributed by atoms with E-state index < -0.39 is 0 Å². The molecule has 3 heterocycles. The van der Waals surface area contributed by atoms with Crippen LogP contribution in [0, 0.1) is 12.8 Å². The van der Waals surface area contributed by atoms with Crippen molar-refractivity contribution in [1.82, 2.24) is 5.16 Å². The summed E-state index contributed by atoms with van der Waals surface area (Å²) < 4.78 is 15.6. The van der Waals surface area contributed by atoms with Gasteiger partial charge in [0, 0.05) is 36.6 Å². The van der Waals surface area contributed by atoms with Crippen LogP contribution in [0.15, 0.2) is 28.8 Å². The van der Waals surface area contributed by atoms with Gasteiger partial charge >= 0.3 is 0 Å². The number of aryl methyl sites for hydroxylation is 1. The SMILES string of the molecule is Cc1cc(NC(=O)C[NH+]2CCC(C(=O)Nc3ccc4c(c3)OCO4)CC2)no1. The number of ether oxygens (including phenoxy) is 2. The van der Waals surface area contributed by atoms with Crippen LogP contribution in [-0.4, -0.2) is 43.4 Å². The van der Waals surface area contributed by atoms with Crippen LogP contribution in [0.25, 0.3) is 0 Å². The Morgan fingerprint density at radius 1 is 1.14 bits per heavy atom. The van der Waals surface area contributed by atoms with Crippen LogP contribution >= 0.6 is 0 Å². The number of anilines is 2. The molecule has 2 aromatic rings. The van der Waals surface area contributed by atoms with Gasteiger partial charge in [0.1, 0.15) is 5.76 Å². The molecule has 1 fully saturated rings. The summed E-state index contributed by atoms with van der Waals surface area (Å²) in [4.78, 5) is 25.8. The van der Waals surface area contributed by atoms with Crippen molar-refractivity contribution in [3.05, 3.63) is 30.0 Å². The topological polar surface area (TPSA) is 107 Å². The standard InChI is InChI=1S/C19H22N4O5/c1-12-8-17(22-28-12)21-18(24)10-23-6-4-13(5-7-23)19(25)20-14-2-3-15-16(9-14)27-11-26-15/h2-3,8-9,13H,4-7,10-11H2,1H3,(H,20,25)(H,21,22,24)/p+1. The molecule has 0 radical (unpaired) electrons. The number of quaternary nitrogens is 1. The van der Waals surface area contributed by atoms with Gasteiger partial charge < -0.3 is 29.5 Å². The van der Waals surface area contributed by atoms with Crippen molar-refractivity contribution >= 4 is 23.3 Å². The van der Waals surface area contributed by atoms with Gasteiger partial charge in [-0.05, 0) is 19.1 Å². The molecule has 0 aliphatic carbocycles. The number of carbonyl (C=O) groups is 2. The number of piperidine rings is 1. The summed E-state index contributed by atoms with van der Waals surface area (Å²) in [7, 11) is 0. The van der Waals surface area contributed by atoms with E-state index >= 15 is 0 Å². The van der Waals surface area contributed by atoms with Gasteiger partial charge in [-0.1, -0.05) is 5.16 Å². The van der Waals surface area contributed by atoms with E-state index in [1.807, 2.05) is 6.07 Å². The van der Waals surface area contributed by atoms with Gasteiger partial charge in [0.25, 0.3) is 5.91 Å². The molecule has 3 N–H and O–H groups in total. The van der Waals surface area contributed by atoms with Crippen molar-refractivity contribution in [2.45, 2.75) is 19.8 Å². The third-order valence-electron chi connectivity index (χ3n) is 5.01. The summed E-state index contributed by atoms with van der Waals surface area (Å²) in [5.41, 5.74) is 0.700. The summed E-state index contributed by atoms with van der Waals surface area (Å²) in [6.45, 7) is 3.86. The lowest BCUT2D eigenvalue weighted by atomic mass is 9.96. The zero-order chi connectivity index (χ0) is 19.5. The first-order chi connectivity index (χ1) is 13.6. The predicted octanol–water partition coefficient (Wildman–Crippen LogP) is 0.584. The maximum absolute atomic E-state index is 12.5. The van der Waals surface area contributed by atoms with Gasteiger partial charge in [0.05, 0.1) is 13.1 Å². The summed E-state index contributed by atoms with van der Waals surface area (Å²) in [6, 6.07) is 7.05. The molecule has 0 atom stereocenters. The van der Waals surface area contributed by atoms with Crippen LogP contribution in [0.4, 0.5) is 11.5 Å². The van der Waals surface area contributed by atoms with E-state index in [-0.39, 0.29) is 24.5 Å². The van der Waals surface area contributed by atoms with Gasteiger partial charge in [-0.15, -0.1) is 0 Å². The third kappa shape index (κ3) is 4.25. The van der Waals surface area contributed by atoms with Crippen molar-refractivity contribution in [2.24, 2.45) is 5.92 Å². The average Bonchev–Trinajstić information content (AvgIpc) is 3.30. The number of likely N-dealkylation sites (tertiary alicyclic amines) is 1. The Kier molecular flexibility index (Phi) is 5.16. The molecule has 9 nitrogen and oxygen atoms in total. The maximum Gasteiger partial charge on any atom is 0.280 e. The number of fused-ring (bicyclic) bond motifs is 1. The van der Waals surface area contributed by atoms with Gasteiger partial charge in [-0.2, -0.15) is 0 Å². The predicted molar refractivity (Wildman–Crippen MR) is 99.4 cm³/mol. The smallest absolute Gasteiger partial charge is 0.280 e. The van der Waals surface area contributed by atoms with Crippen molar-refractivity contribution in [1.29, 1.82) is 0 Å². The normalized spacial score (nSPS) is 20.6. The second kappa shape index (κ2) is 7.89. The molecule has 1 saturated heterocycles. The highest BCUT2D eigenvalue weighted by Crippen LogP contribution is 2.34. The van der Waals surface area contributed by atoms with E-state index in [0.717, 1.165) is 30.8 Å². The van der Waals surface area contributed by atoms with E-state index in [1.165, 1.54) is 0 Å². The first kappa shape index (κ1) is 18.3. The van der Waals surface area contributed by atoms with Crippen LogP contribution in [0.1, 0.15) is 18.6 Å². The van der Waals surface area contributed by atoms with E-state index in [1.54, 1.807) is 25.1 Å². The molecule has 1 aromatic heterocycles. The summed E-state index contributed by atoms with van der Waals surface area (Å²) >= 11 is 0. The first-order valence-electron chi connectivity index (χ1n) is 9.34. The molecule has 0 spiro atoms. The lowest BCUT2D eigenvalue weighted by Gasteiger charge is -2.28. The lowest BCUT2D eigenvalue weighted by Crippen LogP contribution is -3.14. The van der Waals surface area contributed by atoms with Crippen LogP contribution in [-0.2, 0) is 9.59 Å². The fourth-order valence-corrected chi connectivity index (χ4v) is 3.52. The number of amides is 2. The Hall–Kier alpha value is -3.07. The Morgan fingerprint density at radius 3 is 2.68 bits per heavy atom. The van der Waals surface area contributed by atoms with Gasteiger partial charge in [-0.3, -0.25) is 9.59 Å². The first-order valence-corrected chi connectivity index (χ1v) is 9.34. The van der Waals surface area contributed by atoms with Crippen molar-refractivity contribution in [3.8, 4) is 11.5 Å². The number of aromatic nitrogens is 1. The number of rotatable bonds is 5. The van der Waals surface area contributed by atoms with Crippen LogP contribution < -0.4 is 25.0 Å². The number of nitrogens with one attached hydrogen (secondary N) is 3. The zero-order valence-electron chi connectivity index (χ0n) is 15.6. The number of hydrogen-bond acceptors (Lipinski definition) is 6. The minimum Gasteiger partial charge on any atom is -0.454 e. The molecule has 0 saturated carbocycles. The highest BCUT2D eigenvalue weighted by Gasteiger charge is 2.29. The molecule has 2 aliphatic heterocycles. The van der Waals surface area contributed by atoms with E-state index in [2.05, 4.69) is 15.8 Å². The highest BCUT2D eigenvalue weighted by molar-refractivity contribution is 5.93. The molecule has 1 aromatic carbocycles. The molecule has 2 aliphatic rings. The second-order valence-electron chi connectivity index (χ2n) is 7.13. The average molecular weight is 387 g/mol. The number of benzene rings is 1.